The SMILES string of the molecule is CNCCCCSc1cnn(C)c1. The highest BCUT2D eigenvalue weighted by atomic mass is 32.2. The van der Waals surface area contributed by atoms with Crippen molar-refractivity contribution in [2.24, 2.45) is 7.05 Å². The van der Waals surface area contributed by atoms with E-state index in [1.807, 2.05) is 36.7 Å². The lowest BCUT2D eigenvalue weighted by atomic mass is 10.3. The maximum Gasteiger partial charge on any atom is 0.0625 e. The van der Waals surface area contributed by atoms with Gasteiger partial charge in [-0.05, 0) is 32.2 Å². The topological polar surface area (TPSA) is 29.9 Å². The normalized spacial score (nSPS) is 10.6. The Hall–Kier alpha value is -0.480. The zero-order valence-electron chi connectivity index (χ0n) is 8.29. The molecule has 1 heterocycles. The molecule has 0 saturated heterocycles. The molecule has 0 unspecified atom stereocenters. The zero-order valence-corrected chi connectivity index (χ0v) is 9.10. The molecule has 1 aromatic heterocycles. The van der Waals surface area contributed by atoms with E-state index in [9.17, 15) is 0 Å². The van der Waals surface area contributed by atoms with Gasteiger partial charge in [-0.1, -0.05) is 0 Å². The van der Waals surface area contributed by atoms with Crippen LogP contribution in [-0.2, 0) is 7.05 Å². The van der Waals surface area contributed by atoms with E-state index in [0.717, 1.165) is 6.54 Å². The Morgan fingerprint density at radius 2 is 2.38 bits per heavy atom. The maximum atomic E-state index is 4.12. The van der Waals surface area contributed by atoms with E-state index < -0.39 is 0 Å². The smallest absolute Gasteiger partial charge is 0.0625 e. The summed E-state index contributed by atoms with van der Waals surface area (Å²) in [7, 11) is 3.94. The van der Waals surface area contributed by atoms with Crippen molar-refractivity contribution in [1.82, 2.24) is 15.1 Å². The van der Waals surface area contributed by atoms with Crippen molar-refractivity contribution < 1.29 is 0 Å². The fourth-order valence-electron chi connectivity index (χ4n) is 1.07. The van der Waals surface area contributed by atoms with Gasteiger partial charge in [0.05, 0.1) is 6.20 Å². The monoisotopic (exact) mass is 199 g/mol. The molecule has 0 radical (unpaired) electrons. The lowest BCUT2D eigenvalue weighted by Gasteiger charge is -1.98. The van der Waals surface area contributed by atoms with E-state index in [1.54, 1.807) is 0 Å². The van der Waals surface area contributed by atoms with Gasteiger partial charge in [0.15, 0.2) is 0 Å². The van der Waals surface area contributed by atoms with Gasteiger partial charge in [-0.25, -0.2) is 0 Å². The van der Waals surface area contributed by atoms with Gasteiger partial charge >= 0.3 is 0 Å². The van der Waals surface area contributed by atoms with Crippen LogP contribution in [0.25, 0.3) is 0 Å². The minimum absolute atomic E-state index is 1.12. The molecule has 0 atom stereocenters. The van der Waals surface area contributed by atoms with Gasteiger partial charge in [-0.15, -0.1) is 11.8 Å². The molecule has 0 bridgehead atoms. The number of hydrogen-bond acceptors (Lipinski definition) is 3. The Bertz CT molecular complexity index is 235. The Labute approximate surface area is 83.9 Å². The van der Waals surface area contributed by atoms with Crippen LogP contribution in [0, 0.1) is 0 Å². The Morgan fingerprint density at radius 1 is 1.54 bits per heavy atom. The molecular formula is C9H17N3S. The average Bonchev–Trinajstić information content (AvgIpc) is 2.51. The van der Waals surface area contributed by atoms with Crippen LogP contribution >= 0.6 is 11.8 Å². The van der Waals surface area contributed by atoms with Crippen molar-refractivity contribution in [3.63, 3.8) is 0 Å². The fourth-order valence-corrected chi connectivity index (χ4v) is 2.00. The van der Waals surface area contributed by atoms with Crippen LogP contribution in [0.2, 0.25) is 0 Å². The minimum atomic E-state index is 1.12. The third-order valence-electron chi connectivity index (χ3n) is 1.77. The Balaban J connectivity index is 2.06. The molecule has 3 nitrogen and oxygen atoms in total. The first-order valence-electron chi connectivity index (χ1n) is 4.59. The molecule has 0 fully saturated rings. The van der Waals surface area contributed by atoms with Crippen LogP contribution in [0.1, 0.15) is 12.8 Å². The summed E-state index contributed by atoms with van der Waals surface area (Å²) in [5.74, 6) is 1.19. The number of nitrogens with one attached hydrogen (secondary N) is 1. The van der Waals surface area contributed by atoms with Crippen molar-refractivity contribution in [1.29, 1.82) is 0 Å². The molecule has 1 rings (SSSR count). The number of nitrogens with zero attached hydrogens (tertiary/aromatic N) is 2. The van der Waals surface area contributed by atoms with E-state index in [4.69, 9.17) is 0 Å². The van der Waals surface area contributed by atoms with Gasteiger partial charge in [0.1, 0.15) is 0 Å². The van der Waals surface area contributed by atoms with Crippen LogP contribution in [0.5, 0.6) is 0 Å². The molecule has 1 N–H and O–H groups in total. The highest BCUT2D eigenvalue weighted by Crippen LogP contribution is 2.17. The Morgan fingerprint density at radius 3 is 3.00 bits per heavy atom. The second-order valence-electron chi connectivity index (χ2n) is 3.01. The number of rotatable bonds is 6. The predicted octanol–water partition coefficient (Wildman–Crippen LogP) is 1.51. The van der Waals surface area contributed by atoms with E-state index in [-0.39, 0.29) is 0 Å². The lowest BCUT2D eigenvalue weighted by molar-refractivity contribution is 0.715. The van der Waals surface area contributed by atoms with Gasteiger partial charge in [0.2, 0.25) is 0 Å². The maximum absolute atomic E-state index is 4.12. The Kier molecular flexibility index (Phi) is 4.93. The molecule has 0 aliphatic heterocycles. The molecule has 0 saturated carbocycles. The second-order valence-corrected chi connectivity index (χ2v) is 4.18. The zero-order chi connectivity index (χ0) is 9.52. The first kappa shape index (κ1) is 10.6. The molecular weight excluding hydrogens is 182 g/mol. The quantitative estimate of drug-likeness (QED) is 0.556. The number of aryl methyl sites for hydroxylation is 1. The number of thioether (sulfide) groups is 1. The average molecular weight is 199 g/mol. The molecule has 0 aromatic carbocycles. The van der Waals surface area contributed by atoms with Crippen molar-refractivity contribution in [3.05, 3.63) is 12.4 Å². The van der Waals surface area contributed by atoms with Gasteiger partial charge < -0.3 is 5.32 Å². The van der Waals surface area contributed by atoms with Crippen molar-refractivity contribution in [3.8, 4) is 0 Å². The number of hydrogen-bond donors (Lipinski definition) is 1. The van der Waals surface area contributed by atoms with Crippen LogP contribution in [0.3, 0.4) is 0 Å². The molecule has 0 amide bonds. The molecule has 0 spiro atoms. The molecule has 1 aromatic rings. The fraction of sp³-hybridized carbons (Fsp3) is 0.667. The highest BCUT2D eigenvalue weighted by Gasteiger charge is 1.95. The van der Waals surface area contributed by atoms with Gasteiger partial charge in [0, 0.05) is 18.1 Å². The molecule has 74 valence electrons. The summed E-state index contributed by atoms with van der Waals surface area (Å²) in [6, 6.07) is 0. The van der Waals surface area contributed by atoms with Crippen LogP contribution in [0.15, 0.2) is 17.3 Å². The summed E-state index contributed by atoms with van der Waals surface area (Å²) in [5.41, 5.74) is 0. The van der Waals surface area contributed by atoms with Crippen molar-refractivity contribution in [2.75, 3.05) is 19.3 Å². The van der Waals surface area contributed by atoms with Gasteiger partial charge in [0.25, 0.3) is 0 Å². The summed E-state index contributed by atoms with van der Waals surface area (Å²) in [4.78, 5) is 1.27. The van der Waals surface area contributed by atoms with Gasteiger partial charge in [-0.2, -0.15) is 5.10 Å². The predicted molar refractivity (Wildman–Crippen MR) is 57.1 cm³/mol. The first-order valence-corrected chi connectivity index (χ1v) is 5.57. The molecule has 13 heavy (non-hydrogen) atoms. The highest BCUT2D eigenvalue weighted by molar-refractivity contribution is 7.99. The third kappa shape index (κ3) is 4.33. The number of aromatic nitrogens is 2. The minimum Gasteiger partial charge on any atom is -0.320 e. The van der Waals surface area contributed by atoms with Crippen LogP contribution in [-0.4, -0.2) is 29.1 Å². The summed E-state index contributed by atoms with van der Waals surface area (Å²) in [6.07, 6.45) is 6.50. The molecule has 0 aliphatic carbocycles. The van der Waals surface area contributed by atoms with Crippen molar-refractivity contribution in [2.45, 2.75) is 17.7 Å². The van der Waals surface area contributed by atoms with Gasteiger partial charge in [-0.3, -0.25) is 4.68 Å². The summed E-state index contributed by atoms with van der Waals surface area (Å²) in [5, 5.41) is 7.26. The largest absolute Gasteiger partial charge is 0.320 e. The first-order chi connectivity index (χ1) is 6.33. The van der Waals surface area contributed by atoms with E-state index in [0.29, 0.717) is 0 Å². The standard InChI is InChI=1S/C9H17N3S/c1-10-5-3-4-6-13-9-7-11-12(2)8-9/h7-8,10H,3-6H2,1-2H3. The molecule has 0 aliphatic rings. The second kappa shape index (κ2) is 6.05. The van der Waals surface area contributed by atoms with Crippen molar-refractivity contribution >= 4 is 11.8 Å². The molecule has 4 heteroatoms. The lowest BCUT2D eigenvalue weighted by Crippen LogP contribution is -2.07. The summed E-state index contributed by atoms with van der Waals surface area (Å²) < 4.78 is 1.84. The summed E-state index contributed by atoms with van der Waals surface area (Å²) >= 11 is 1.88. The van der Waals surface area contributed by atoms with E-state index in [1.165, 1.54) is 23.5 Å². The number of unbranched alkanes of at least 4 members (excludes halogenated alkanes) is 1. The van der Waals surface area contributed by atoms with E-state index >= 15 is 0 Å². The summed E-state index contributed by atoms with van der Waals surface area (Å²) in [6.45, 7) is 1.12. The van der Waals surface area contributed by atoms with Crippen LogP contribution < -0.4 is 5.32 Å². The van der Waals surface area contributed by atoms with Crippen LogP contribution in [0.4, 0.5) is 0 Å². The van der Waals surface area contributed by atoms with E-state index in [2.05, 4.69) is 16.6 Å². The third-order valence-corrected chi connectivity index (χ3v) is 2.81.